The fourth-order valence-corrected chi connectivity index (χ4v) is 2.67. The van der Waals surface area contributed by atoms with Gasteiger partial charge in [-0.2, -0.15) is 0 Å². The Bertz CT molecular complexity index is 752. The molecule has 1 fully saturated rings. The van der Waals surface area contributed by atoms with E-state index in [1.807, 2.05) is 6.92 Å². The Balaban J connectivity index is 1.96. The average molecular weight is 338 g/mol. The predicted octanol–water partition coefficient (Wildman–Crippen LogP) is -2.28. The number of amides is 1. The van der Waals surface area contributed by atoms with Crippen LogP contribution in [0.15, 0.2) is 12.7 Å². The first-order valence-corrected chi connectivity index (χ1v) is 7.36. The summed E-state index contributed by atoms with van der Waals surface area (Å²) in [4.78, 5) is 23.5. The van der Waals surface area contributed by atoms with Crippen LogP contribution in [0.25, 0.3) is 11.2 Å². The van der Waals surface area contributed by atoms with Crippen LogP contribution in [0.3, 0.4) is 0 Å². The summed E-state index contributed by atoms with van der Waals surface area (Å²) in [5.41, 5.74) is 5.85. The monoisotopic (exact) mass is 338 g/mol. The highest BCUT2D eigenvalue weighted by Crippen LogP contribution is 2.33. The van der Waals surface area contributed by atoms with Gasteiger partial charge in [-0.1, -0.05) is 0 Å². The molecule has 0 aromatic carbocycles. The van der Waals surface area contributed by atoms with Crippen LogP contribution in [0, 0.1) is 0 Å². The maximum Gasteiger partial charge on any atom is 0.249 e. The Morgan fingerprint density at radius 3 is 2.83 bits per heavy atom. The summed E-state index contributed by atoms with van der Waals surface area (Å²) in [6.07, 6.45) is -4.39. The normalized spacial score (nSPS) is 28.2. The molecule has 0 bridgehead atoms. The fourth-order valence-electron chi connectivity index (χ4n) is 2.67. The van der Waals surface area contributed by atoms with Crippen molar-refractivity contribution < 1.29 is 24.9 Å². The van der Waals surface area contributed by atoms with Gasteiger partial charge >= 0.3 is 0 Å². The summed E-state index contributed by atoms with van der Waals surface area (Å²) in [5, 5.41) is 33.0. The van der Waals surface area contributed by atoms with Gasteiger partial charge in [-0.05, 0) is 6.92 Å². The Kier molecular flexibility index (Phi) is 4.32. The number of nitrogens with two attached hydrogens (primary N) is 1. The minimum atomic E-state index is -1.75. The molecule has 6 N–H and O–H groups in total. The number of aromatic nitrogens is 4. The summed E-state index contributed by atoms with van der Waals surface area (Å²) in [7, 11) is 0. The molecule has 2 aromatic rings. The molecule has 24 heavy (non-hydrogen) atoms. The first-order valence-electron chi connectivity index (χ1n) is 7.36. The molecule has 0 saturated carbocycles. The van der Waals surface area contributed by atoms with Crippen LogP contribution in [0.1, 0.15) is 13.2 Å². The number of aliphatic hydroxyl groups is 3. The molecule has 1 aliphatic heterocycles. The van der Waals surface area contributed by atoms with Crippen molar-refractivity contribution in [2.24, 2.45) is 5.73 Å². The number of anilines is 1. The second kappa shape index (κ2) is 6.28. The van der Waals surface area contributed by atoms with Crippen LogP contribution in [0.4, 0.5) is 5.82 Å². The highest BCUT2D eigenvalue weighted by molar-refractivity contribution is 5.82. The van der Waals surface area contributed by atoms with E-state index >= 15 is 0 Å². The van der Waals surface area contributed by atoms with Gasteiger partial charge in [0.05, 0.1) is 6.33 Å². The number of carbonyl (C=O) groups is 1. The topological polar surface area (TPSA) is 169 Å². The van der Waals surface area contributed by atoms with Gasteiger partial charge in [0.2, 0.25) is 5.91 Å². The van der Waals surface area contributed by atoms with E-state index in [1.54, 1.807) is 0 Å². The maximum atomic E-state index is 11.1. The molecular weight excluding hydrogens is 320 g/mol. The fraction of sp³-hybridized carbons (Fsp3) is 0.538. The summed E-state index contributed by atoms with van der Waals surface area (Å²) in [5.74, 6) is -0.540. The van der Waals surface area contributed by atoms with Crippen LogP contribution >= 0.6 is 0 Å². The number of nitrogens with zero attached hydrogens (tertiary/aromatic N) is 4. The second-order valence-corrected chi connectivity index (χ2v) is 5.40. The third-order valence-electron chi connectivity index (χ3n) is 3.86. The van der Waals surface area contributed by atoms with E-state index in [0.717, 1.165) is 0 Å². The van der Waals surface area contributed by atoms with E-state index in [1.165, 1.54) is 17.2 Å². The highest BCUT2D eigenvalue weighted by Gasteiger charge is 2.48. The van der Waals surface area contributed by atoms with Gasteiger partial charge in [0, 0.05) is 6.54 Å². The molecule has 2 aromatic heterocycles. The Morgan fingerprint density at radius 1 is 1.42 bits per heavy atom. The predicted molar refractivity (Wildman–Crippen MR) is 80.6 cm³/mol. The van der Waals surface area contributed by atoms with Crippen molar-refractivity contribution in [2.45, 2.75) is 37.6 Å². The third-order valence-corrected chi connectivity index (χ3v) is 3.86. The zero-order valence-electron chi connectivity index (χ0n) is 12.8. The van der Waals surface area contributed by atoms with Crippen LogP contribution in [0.5, 0.6) is 0 Å². The van der Waals surface area contributed by atoms with Crippen molar-refractivity contribution in [1.82, 2.24) is 19.5 Å². The lowest BCUT2D eigenvalue weighted by atomic mass is 10.1. The summed E-state index contributed by atoms with van der Waals surface area (Å²) >= 11 is 0. The van der Waals surface area contributed by atoms with E-state index in [4.69, 9.17) is 10.5 Å². The van der Waals surface area contributed by atoms with E-state index in [2.05, 4.69) is 20.3 Å². The molecule has 3 rings (SSSR count). The van der Waals surface area contributed by atoms with Crippen molar-refractivity contribution in [2.75, 3.05) is 11.9 Å². The molecule has 0 aliphatic carbocycles. The average Bonchev–Trinajstić information content (AvgIpc) is 3.10. The Labute approximate surface area is 136 Å². The van der Waals surface area contributed by atoms with Crippen LogP contribution in [0.2, 0.25) is 0 Å². The molecule has 130 valence electrons. The lowest BCUT2D eigenvalue weighted by Crippen LogP contribution is -2.45. The number of hydrogen-bond donors (Lipinski definition) is 5. The molecule has 0 spiro atoms. The second-order valence-electron chi connectivity index (χ2n) is 5.40. The number of rotatable bonds is 5. The number of carbonyl (C=O) groups excluding carboxylic acids is 1. The zero-order valence-corrected chi connectivity index (χ0v) is 12.8. The van der Waals surface area contributed by atoms with Gasteiger partial charge in [-0.3, -0.25) is 9.36 Å². The SMILES string of the molecule is CCNc1ncnc2c1ncn2[C@@H]1O[C@H](C(O)C(N)=O)[C@@H](O)[C@H]1O. The maximum absolute atomic E-state index is 11.1. The Hall–Kier alpha value is -2.34. The van der Waals surface area contributed by atoms with Gasteiger partial charge in [-0.15, -0.1) is 0 Å². The molecule has 1 saturated heterocycles. The molecule has 1 aliphatic rings. The molecule has 1 amide bonds. The van der Waals surface area contributed by atoms with Gasteiger partial charge in [0.25, 0.3) is 0 Å². The third kappa shape index (κ3) is 2.57. The van der Waals surface area contributed by atoms with E-state index < -0.39 is 36.6 Å². The molecular formula is C13H18N6O5. The molecule has 5 atom stereocenters. The smallest absolute Gasteiger partial charge is 0.249 e. The van der Waals surface area contributed by atoms with E-state index in [0.29, 0.717) is 23.5 Å². The summed E-state index contributed by atoms with van der Waals surface area (Å²) < 4.78 is 6.85. The van der Waals surface area contributed by atoms with Gasteiger partial charge in [-0.25, -0.2) is 15.0 Å². The molecule has 3 heterocycles. The van der Waals surface area contributed by atoms with Crippen LogP contribution in [-0.2, 0) is 9.53 Å². The van der Waals surface area contributed by atoms with Gasteiger partial charge in [0.1, 0.15) is 24.6 Å². The summed E-state index contributed by atoms with van der Waals surface area (Å²) in [6, 6.07) is 0. The number of aliphatic hydroxyl groups excluding tert-OH is 3. The number of hydrogen-bond acceptors (Lipinski definition) is 9. The largest absolute Gasteiger partial charge is 0.387 e. The first kappa shape index (κ1) is 16.5. The zero-order chi connectivity index (χ0) is 17.4. The van der Waals surface area contributed by atoms with Crippen molar-refractivity contribution in [3.63, 3.8) is 0 Å². The number of imidazole rings is 1. The van der Waals surface area contributed by atoms with Gasteiger partial charge in [0.15, 0.2) is 29.3 Å². The molecule has 11 heteroatoms. The highest BCUT2D eigenvalue weighted by atomic mass is 16.6. The number of fused-ring (bicyclic) bond motifs is 1. The Morgan fingerprint density at radius 2 is 2.17 bits per heavy atom. The van der Waals surface area contributed by atoms with Crippen molar-refractivity contribution >= 4 is 22.9 Å². The van der Waals surface area contributed by atoms with Crippen LogP contribution < -0.4 is 11.1 Å². The molecule has 0 radical (unpaired) electrons. The van der Waals surface area contributed by atoms with Gasteiger partial charge < -0.3 is 31.1 Å². The molecule has 1 unspecified atom stereocenters. The standard InChI is InChI=1S/C13H18N6O5/c1-2-15-11-5-12(17-3-16-11)19(4-18-5)13-7(21)6(20)9(24-13)8(22)10(14)23/h3-4,6-9,13,20-22H,2H2,1H3,(H2,14,23)(H,15,16,17)/t6-,7+,8?,9-,13+/m0/s1. The van der Waals surface area contributed by atoms with Crippen molar-refractivity contribution in [3.8, 4) is 0 Å². The number of primary amides is 1. The van der Waals surface area contributed by atoms with E-state index in [9.17, 15) is 20.1 Å². The van der Waals surface area contributed by atoms with Crippen molar-refractivity contribution in [3.05, 3.63) is 12.7 Å². The number of ether oxygens (including phenoxy) is 1. The van der Waals surface area contributed by atoms with Crippen LogP contribution in [-0.4, -0.2) is 71.7 Å². The summed E-state index contributed by atoms with van der Waals surface area (Å²) in [6.45, 7) is 2.54. The quantitative estimate of drug-likeness (QED) is 0.403. The minimum absolute atomic E-state index is 0.367. The lowest BCUT2D eigenvalue weighted by molar-refractivity contribution is -0.140. The molecule has 11 nitrogen and oxygen atoms in total. The number of nitrogens with one attached hydrogen (secondary N) is 1. The van der Waals surface area contributed by atoms with E-state index in [-0.39, 0.29) is 0 Å². The minimum Gasteiger partial charge on any atom is -0.387 e. The van der Waals surface area contributed by atoms with Crippen molar-refractivity contribution in [1.29, 1.82) is 0 Å². The lowest BCUT2D eigenvalue weighted by Gasteiger charge is -2.18. The first-order chi connectivity index (χ1) is 11.5.